The van der Waals surface area contributed by atoms with E-state index in [1.165, 1.54) is 12.8 Å². The first-order chi connectivity index (χ1) is 13.6. The molecule has 1 saturated carbocycles. The van der Waals surface area contributed by atoms with E-state index in [1.54, 1.807) is 18.2 Å². The van der Waals surface area contributed by atoms with E-state index in [-0.39, 0.29) is 18.2 Å². The fourth-order valence-corrected chi connectivity index (χ4v) is 4.21. The second-order valence-corrected chi connectivity index (χ2v) is 7.67. The molecule has 1 aromatic heterocycles. The molecule has 2 heterocycles. The SMILES string of the molecule is COc1ccc(C)cc1N1CC(C(=O)Nc2ccnn2C2CCCC2)CC1=O. The fourth-order valence-electron chi connectivity index (χ4n) is 4.21. The maximum Gasteiger partial charge on any atom is 0.230 e. The number of aromatic nitrogens is 2. The number of benzene rings is 1. The summed E-state index contributed by atoms with van der Waals surface area (Å²) < 4.78 is 7.33. The third-order valence-electron chi connectivity index (χ3n) is 5.71. The molecule has 7 heteroatoms. The van der Waals surface area contributed by atoms with E-state index in [0.29, 0.717) is 18.3 Å². The Labute approximate surface area is 164 Å². The molecule has 1 aromatic carbocycles. The minimum atomic E-state index is -0.398. The lowest BCUT2D eigenvalue weighted by Gasteiger charge is -2.20. The summed E-state index contributed by atoms with van der Waals surface area (Å²) in [4.78, 5) is 27.1. The van der Waals surface area contributed by atoms with Crippen molar-refractivity contribution in [2.45, 2.75) is 45.1 Å². The van der Waals surface area contributed by atoms with E-state index in [2.05, 4.69) is 10.4 Å². The van der Waals surface area contributed by atoms with Crippen LogP contribution >= 0.6 is 0 Å². The number of carbonyl (C=O) groups excluding carboxylic acids is 2. The van der Waals surface area contributed by atoms with Gasteiger partial charge >= 0.3 is 0 Å². The van der Waals surface area contributed by atoms with Crippen LogP contribution < -0.4 is 15.0 Å². The summed E-state index contributed by atoms with van der Waals surface area (Å²) in [5.74, 6) is 0.760. The number of nitrogens with one attached hydrogen (secondary N) is 1. The number of methoxy groups -OCH3 is 1. The van der Waals surface area contributed by atoms with Crippen molar-refractivity contribution in [2.75, 3.05) is 23.9 Å². The van der Waals surface area contributed by atoms with Gasteiger partial charge < -0.3 is 15.0 Å². The summed E-state index contributed by atoms with van der Waals surface area (Å²) in [5.41, 5.74) is 1.76. The van der Waals surface area contributed by atoms with E-state index in [4.69, 9.17) is 4.74 Å². The number of ether oxygens (including phenoxy) is 1. The van der Waals surface area contributed by atoms with Gasteiger partial charge in [-0.1, -0.05) is 18.9 Å². The minimum Gasteiger partial charge on any atom is -0.495 e. The maximum atomic E-state index is 12.9. The standard InChI is InChI=1S/C21H26N4O3/c1-14-7-8-18(28-2)17(11-14)24-13-15(12-20(24)26)21(27)23-19-9-10-22-25(19)16-5-3-4-6-16/h7-11,15-16H,3-6,12-13H2,1-2H3,(H,23,27). The van der Waals surface area contributed by atoms with Crippen LogP contribution in [0, 0.1) is 12.8 Å². The second-order valence-electron chi connectivity index (χ2n) is 7.67. The highest BCUT2D eigenvalue weighted by molar-refractivity contribution is 6.04. The van der Waals surface area contributed by atoms with E-state index in [1.807, 2.05) is 35.9 Å². The zero-order valence-corrected chi connectivity index (χ0v) is 16.4. The number of nitrogens with zero attached hydrogens (tertiary/aromatic N) is 3. The lowest BCUT2D eigenvalue weighted by molar-refractivity contribution is -0.122. The molecule has 148 valence electrons. The minimum absolute atomic E-state index is 0.0617. The quantitative estimate of drug-likeness (QED) is 0.861. The van der Waals surface area contributed by atoms with Crippen LogP contribution in [0.25, 0.3) is 0 Å². The van der Waals surface area contributed by atoms with Crippen LogP contribution in [0.1, 0.15) is 43.7 Å². The summed E-state index contributed by atoms with van der Waals surface area (Å²) in [6.07, 6.45) is 6.49. The number of aryl methyl sites for hydroxylation is 1. The zero-order valence-electron chi connectivity index (χ0n) is 16.4. The number of carbonyl (C=O) groups is 2. The molecule has 1 atom stereocenters. The summed E-state index contributed by atoms with van der Waals surface area (Å²) in [7, 11) is 1.59. The monoisotopic (exact) mass is 382 g/mol. The molecule has 28 heavy (non-hydrogen) atoms. The average molecular weight is 382 g/mol. The summed E-state index contributed by atoms with van der Waals surface area (Å²) in [6.45, 7) is 2.32. The third-order valence-corrected chi connectivity index (χ3v) is 5.71. The largest absolute Gasteiger partial charge is 0.495 e. The number of hydrogen-bond acceptors (Lipinski definition) is 4. The van der Waals surface area contributed by atoms with Crippen molar-refractivity contribution in [1.29, 1.82) is 0 Å². The van der Waals surface area contributed by atoms with Crippen LogP contribution in [0.2, 0.25) is 0 Å². The smallest absolute Gasteiger partial charge is 0.230 e. The van der Waals surface area contributed by atoms with Gasteiger partial charge in [-0.15, -0.1) is 0 Å². The number of hydrogen-bond donors (Lipinski definition) is 1. The molecule has 0 bridgehead atoms. The Hall–Kier alpha value is -2.83. The molecule has 1 unspecified atom stereocenters. The normalized spacial score (nSPS) is 20.0. The van der Waals surface area contributed by atoms with Gasteiger partial charge in [-0.05, 0) is 37.5 Å². The molecule has 1 aliphatic heterocycles. The molecule has 2 aliphatic rings. The first kappa shape index (κ1) is 18.5. The van der Waals surface area contributed by atoms with Gasteiger partial charge in [0, 0.05) is 19.0 Å². The van der Waals surface area contributed by atoms with Crippen LogP contribution in [0.4, 0.5) is 11.5 Å². The predicted molar refractivity (Wildman–Crippen MR) is 107 cm³/mol. The zero-order chi connectivity index (χ0) is 19.7. The van der Waals surface area contributed by atoms with Gasteiger partial charge in [-0.2, -0.15) is 5.10 Å². The molecule has 2 amide bonds. The maximum absolute atomic E-state index is 12.9. The number of amides is 2. The van der Waals surface area contributed by atoms with E-state index in [0.717, 1.165) is 29.9 Å². The van der Waals surface area contributed by atoms with Gasteiger partial charge in [0.25, 0.3) is 0 Å². The Morgan fingerprint density at radius 2 is 2.04 bits per heavy atom. The fraction of sp³-hybridized carbons (Fsp3) is 0.476. The van der Waals surface area contributed by atoms with Crippen molar-refractivity contribution in [3.05, 3.63) is 36.0 Å². The van der Waals surface area contributed by atoms with E-state index < -0.39 is 5.92 Å². The molecule has 4 rings (SSSR count). The topological polar surface area (TPSA) is 76.5 Å². The van der Waals surface area contributed by atoms with Gasteiger partial charge in [0.15, 0.2) is 0 Å². The van der Waals surface area contributed by atoms with Crippen molar-refractivity contribution in [3.8, 4) is 5.75 Å². The Morgan fingerprint density at radius 1 is 1.25 bits per heavy atom. The Bertz CT molecular complexity index is 886. The highest BCUT2D eigenvalue weighted by Gasteiger charge is 2.36. The highest BCUT2D eigenvalue weighted by Crippen LogP contribution is 2.35. The summed E-state index contributed by atoms with van der Waals surface area (Å²) >= 11 is 0. The van der Waals surface area contributed by atoms with Gasteiger partial charge in [-0.3, -0.25) is 9.59 Å². The average Bonchev–Trinajstić information content (AvgIpc) is 3.42. The Morgan fingerprint density at radius 3 is 2.79 bits per heavy atom. The van der Waals surface area contributed by atoms with Gasteiger partial charge in [-0.25, -0.2) is 4.68 Å². The molecule has 1 saturated heterocycles. The number of anilines is 2. The lowest BCUT2D eigenvalue weighted by Crippen LogP contribution is -2.29. The molecule has 2 aromatic rings. The van der Waals surface area contributed by atoms with Crippen molar-refractivity contribution in [3.63, 3.8) is 0 Å². The molecule has 2 fully saturated rings. The molecule has 7 nitrogen and oxygen atoms in total. The van der Waals surface area contributed by atoms with Crippen molar-refractivity contribution < 1.29 is 14.3 Å². The Balaban J connectivity index is 1.48. The predicted octanol–water partition coefficient (Wildman–Crippen LogP) is 3.31. The molecule has 0 spiro atoms. The van der Waals surface area contributed by atoms with Crippen LogP contribution in [-0.4, -0.2) is 35.2 Å². The van der Waals surface area contributed by atoms with Crippen LogP contribution in [0.15, 0.2) is 30.5 Å². The second kappa shape index (κ2) is 7.66. The molecule has 0 radical (unpaired) electrons. The van der Waals surface area contributed by atoms with Crippen molar-refractivity contribution in [1.82, 2.24) is 9.78 Å². The van der Waals surface area contributed by atoms with Gasteiger partial charge in [0.05, 0.1) is 31.0 Å². The molecule has 1 N–H and O–H groups in total. The highest BCUT2D eigenvalue weighted by atomic mass is 16.5. The van der Waals surface area contributed by atoms with E-state index in [9.17, 15) is 9.59 Å². The van der Waals surface area contributed by atoms with Crippen molar-refractivity contribution in [2.24, 2.45) is 5.92 Å². The Kier molecular flexibility index (Phi) is 5.07. The van der Waals surface area contributed by atoms with Crippen molar-refractivity contribution >= 4 is 23.3 Å². The first-order valence-electron chi connectivity index (χ1n) is 9.86. The summed E-state index contributed by atoms with van der Waals surface area (Å²) in [5, 5.41) is 7.39. The van der Waals surface area contributed by atoms with Gasteiger partial charge in [0.2, 0.25) is 11.8 Å². The molecular formula is C21H26N4O3. The van der Waals surface area contributed by atoms with E-state index >= 15 is 0 Å². The molecule has 1 aliphatic carbocycles. The summed E-state index contributed by atoms with van der Waals surface area (Å²) in [6, 6.07) is 7.90. The molecular weight excluding hydrogens is 356 g/mol. The lowest BCUT2D eigenvalue weighted by atomic mass is 10.1. The number of rotatable bonds is 5. The van der Waals surface area contributed by atoms with Gasteiger partial charge in [0.1, 0.15) is 11.6 Å². The van der Waals surface area contributed by atoms with Crippen LogP contribution in [0.3, 0.4) is 0 Å². The first-order valence-corrected chi connectivity index (χ1v) is 9.86. The van der Waals surface area contributed by atoms with Crippen LogP contribution in [0.5, 0.6) is 5.75 Å². The third kappa shape index (κ3) is 3.48. The van der Waals surface area contributed by atoms with Crippen LogP contribution in [-0.2, 0) is 9.59 Å².